The van der Waals surface area contributed by atoms with Crippen molar-refractivity contribution in [3.8, 4) is 0 Å². The highest BCUT2D eigenvalue weighted by Crippen LogP contribution is 2.19. The lowest BCUT2D eigenvalue weighted by molar-refractivity contribution is -0.122. The molecule has 0 spiro atoms. The first-order valence-corrected chi connectivity index (χ1v) is 10.4. The standard InChI is InChI=1S/C22H32N4O2/c1-18(21(27)23-13-12-19-8-4-2-5-9-19)24-22(28)26-16-14-25(15-17-26)20-10-6-3-7-11-20/h3,6-8,10-11,18H,2,4-5,9,12-17H2,1H3,(H,23,27)(H,24,28)/t18-/m0/s1. The van der Waals surface area contributed by atoms with Crippen LogP contribution in [-0.2, 0) is 4.79 Å². The quantitative estimate of drug-likeness (QED) is 0.741. The number of carbonyl (C=O) groups excluding carboxylic acids is 2. The summed E-state index contributed by atoms with van der Waals surface area (Å²) in [7, 11) is 0. The fraction of sp³-hybridized carbons (Fsp3) is 0.545. The van der Waals surface area contributed by atoms with Crippen molar-refractivity contribution in [2.24, 2.45) is 0 Å². The van der Waals surface area contributed by atoms with Gasteiger partial charge in [-0.25, -0.2) is 4.79 Å². The summed E-state index contributed by atoms with van der Waals surface area (Å²) in [6.45, 7) is 5.29. The van der Waals surface area contributed by atoms with Gasteiger partial charge in [-0.3, -0.25) is 4.79 Å². The third-order valence-electron chi connectivity index (χ3n) is 5.55. The van der Waals surface area contributed by atoms with Crippen molar-refractivity contribution in [3.63, 3.8) is 0 Å². The van der Waals surface area contributed by atoms with Crippen LogP contribution in [0.15, 0.2) is 42.0 Å². The number of hydrogen-bond donors (Lipinski definition) is 2. The number of nitrogens with one attached hydrogen (secondary N) is 2. The number of hydrogen-bond acceptors (Lipinski definition) is 3. The number of amides is 3. The maximum absolute atomic E-state index is 12.5. The molecule has 0 saturated carbocycles. The Balaban J connectivity index is 1.36. The lowest BCUT2D eigenvalue weighted by atomic mass is 9.97. The number of nitrogens with zero attached hydrogens (tertiary/aromatic N) is 2. The van der Waals surface area contributed by atoms with Crippen molar-refractivity contribution >= 4 is 17.6 Å². The van der Waals surface area contributed by atoms with Crippen LogP contribution < -0.4 is 15.5 Å². The first-order chi connectivity index (χ1) is 13.6. The maximum atomic E-state index is 12.5. The molecule has 2 aliphatic rings. The summed E-state index contributed by atoms with van der Waals surface area (Å²) in [4.78, 5) is 28.8. The van der Waals surface area contributed by atoms with E-state index in [4.69, 9.17) is 0 Å². The summed E-state index contributed by atoms with van der Waals surface area (Å²) in [6, 6.07) is 9.55. The summed E-state index contributed by atoms with van der Waals surface area (Å²) in [6.07, 6.45) is 8.05. The first kappa shape index (κ1) is 20.2. The van der Waals surface area contributed by atoms with Crippen LogP contribution in [0, 0.1) is 0 Å². The van der Waals surface area contributed by atoms with E-state index in [1.165, 1.54) is 24.1 Å². The van der Waals surface area contributed by atoms with Gasteiger partial charge in [-0.05, 0) is 51.2 Å². The molecule has 1 aliphatic carbocycles. The molecule has 3 amide bonds. The van der Waals surface area contributed by atoms with Gasteiger partial charge >= 0.3 is 6.03 Å². The minimum atomic E-state index is -0.528. The molecule has 1 aromatic carbocycles. The topological polar surface area (TPSA) is 64.7 Å². The molecular formula is C22H32N4O2. The number of benzene rings is 1. The Hall–Kier alpha value is -2.50. The van der Waals surface area contributed by atoms with E-state index in [0.717, 1.165) is 32.4 Å². The number of allylic oxidation sites excluding steroid dienone is 1. The van der Waals surface area contributed by atoms with Gasteiger partial charge in [0.1, 0.15) is 6.04 Å². The Kier molecular flexibility index (Phi) is 7.34. The van der Waals surface area contributed by atoms with Crippen LogP contribution in [0.5, 0.6) is 0 Å². The lowest BCUT2D eigenvalue weighted by Crippen LogP contribution is -2.55. The molecule has 0 unspecified atom stereocenters. The first-order valence-electron chi connectivity index (χ1n) is 10.4. The van der Waals surface area contributed by atoms with E-state index in [1.54, 1.807) is 11.8 Å². The normalized spacial score (nSPS) is 18.2. The maximum Gasteiger partial charge on any atom is 0.318 e. The third-order valence-corrected chi connectivity index (χ3v) is 5.55. The highest BCUT2D eigenvalue weighted by molar-refractivity contribution is 5.86. The van der Waals surface area contributed by atoms with Gasteiger partial charge in [0, 0.05) is 38.4 Å². The molecule has 6 nitrogen and oxygen atoms in total. The van der Waals surface area contributed by atoms with Gasteiger partial charge in [-0.15, -0.1) is 0 Å². The average Bonchev–Trinajstić information content (AvgIpc) is 2.75. The summed E-state index contributed by atoms with van der Waals surface area (Å²) < 4.78 is 0. The van der Waals surface area contributed by atoms with Gasteiger partial charge in [0.25, 0.3) is 0 Å². The third kappa shape index (κ3) is 5.75. The number of carbonyl (C=O) groups is 2. The summed E-state index contributed by atoms with van der Waals surface area (Å²) >= 11 is 0. The Morgan fingerprint density at radius 1 is 1.07 bits per heavy atom. The summed E-state index contributed by atoms with van der Waals surface area (Å²) in [5.41, 5.74) is 2.63. The molecule has 1 heterocycles. The molecule has 3 rings (SSSR count). The Morgan fingerprint density at radius 2 is 1.82 bits per heavy atom. The highest BCUT2D eigenvalue weighted by Gasteiger charge is 2.24. The second-order valence-electron chi connectivity index (χ2n) is 7.63. The van der Waals surface area contributed by atoms with Crippen LogP contribution in [0.1, 0.15) is 39.0 Å². The van der Waals surface area contributed by atoms with E-state index in [2.05, 4.69) is 33.7 Å². The Labute approximate surface area is 168 Å². The number of piperazine rings is 1. The van der Waals surface area contributed by atoms with Crippen LogP contribution in [0.3, 0.4) is 0 Å². The monoisotopic (exact) mass is 384 g/mol. The predicted octanol–water partition coefficient (Wildman–Crippen LogP) is 2.91. The Morgan fingerprint density at radius 3 is 2.50 bits per heavy atom. The van der Waals surface area contributed by atoms with Gasteiger partial charge < -0.3 is 20.4 Å². The molecule has 0 radical (unpaired) electrons. The molecule has 2 N–H and O–H groups in total. The fourth-order valence-corrected chi connectivity index (χ4v) is 3.78. The van der Waals surface area contributed by atoms with E-state index >= 15 is 0 Å². The molecule has 1 saturated heterocycles. The van der Waals surface area contributed by atoms with E-state index in [0.29, 0.717) is 19.6 Å². The van der Waals surface area contributed by atoms with Gasteiger partial charge in [0.15, 0.2) is 0 Å². The zero-order valence-corrected chi connectivity index (χ0v) is 16.8. The minimum Gasteiger partial charge on any atom is -0.368 e. The van der Waals surface area contributed by atoms with Crippen molar-refractivity contribution in [2.45, 2.75) is 45.1 Å². The van der Waals surface area contributed by atoms with E-state index in [9.17, 15) is 9.59 Å². The van der Waals surface area contributed by atoms with Crippen molar-refractivity contribution in [3.05, 3.63) is 42.0 Å². The van der Waals surface area contributed by atoms with Crippen LogP contribution in [-0.4, -0.2) is 55.6 Å². The van der Waals surface area contributed by atoms with Gasteiger partial charge in [0.2, 0.25) is 5.91 Å². The molecule has 28 heavy (non-hydrogen) atoms. The molecule has 0 aromatic heterocycles. The Bertz CT molecular complexity index is 681. The van der Waals surface area contributed by atoms with Crippen molar-refractivity contribution in [2.75, 3.05) is 37.6 Å². The second kappa shape index (κ2) is 10.2. The molecule has 1 aliphatic heterocycles. The number of rotatable bonds is 6. The second-order valence-corrected chi connectivity index (χ2v) is 7.63. The summed E-state index contributed by atoms with van der Waals surface area (Å²) in [5.74, 6) is -0.118. The number of urea groups is 1. The van der Waals surface area contributed by atoms with Crippen LogP contribution in [0.4, 0.5) is 10.5 Å². The van der Waals surface area contributed by atoms with Crippen molar-refractivity contribution < 1.29 is 9.59 Å². The molecule has 0 bridgehead atoms. The van der Waals surface area contributed by atoms with Crippen LogP contribution in [0.25, 0.3) is 0 Å². The molecular weight excluding hydrogens is 352 g/mol. The SMILES string of the molecule is C[C@H](NC(=O)N1CCN(c2ccccc2)CC1)C(=O)NCCC1=CCCCC1. The predicted molar refractivity (Wildman–Crippen MR) is 112 cm³/mol. The van der Waals surface area contributed by atoms with Gasteiger partial charge in [0.05, 0.1) is 0 Å². The molecule has 1 atom stereocenters. The highest BCUT2D eigenvalue weighted by atomic mass is 16.2. The molecule has 152 valence electrons. The molecule has 1 fully saturated rings. The largest absolute Gasteiger partial charge is 0.368 e. The lowest BCUT2D eigenvalue weighted by Gasteiger charge is -2.36. The minimum absolute atomic E-state index is 0.118. The van der Waals surface area contributed by atoms with Gasteiger partial charge in [-0.2, -0.15) is 0 Å². The van der Waals surface area contributed by atoms with E-state index < -0.39 is 6.04 Å². The molecule has 6 heteroatoms. The number of para-hydroxylation sites is 1. The van der Waals surface area contributed by atoms with Gasteiger partial charge in [-0.1, -0.05) is 29.8 Å². The average molecular weight is 385 g/mol. The van der Waals surface area contributed by atoms with Crippen LogP contribution >= 0.6 is 0 Å². The smallest absolute Gasteiger partial charge is 0.318 e. The zero-order chi connectivity index (χ0) is 19.8. The zero-order valence-electron chi connectivity index (χ0n) is 16.8. The van der Waals surface area contributed by atoms with E-state index in [1.807, 2.05) is 18.2 Å². The summed E-state index contributed by atoms with van der Waals surface area (Å²) in [5, 5.41) is 5.78. The van der Waals surface area contributed by atoms with E-state index in [-0.39, 0.29) is 11.9 Å². The van der Waals surface area contributed by atoms with Crippen molar-refractivity contribution in [1.29, 1.82) is 0 Å². The number of anilines is 1. The fourth-order valence-electron chi connectivity index (χ4n) is 3.78. The van der Waals surface area contributed by atoms with Crippen molar-refractivity contribution in [1.82, 2.24) is 15.5 Å². The van der Waals surface area contributed by atoms with Crippen LogP contribution in [0.2, 0.25) is 0 Å². The molecule has 1 aromatic rings.